The van der Waals surface area contributed by atoms with Crippen LogP contribution < -0.4 is 5.32 Å². The lowest BCUT2D eigenvalue weighted by molar-refractivity contribution is -0.137. The Balaban J connectivity index is 1.67. The molecule has 2 heterocycles. The summed E-state index contributed by atoms with van der Waals surface area (Å²) in [7, 11) is 1.64. The zero-order valence-electron chi connectivity index (χ0n) is 18.0. The molecule has 5 nitrogen and oxygen atoms in total. The van der Waals surface area contributed by atoms with Crippen molar-refractivity contribution in [2.75, 3.05) is 7.05 Å². The third-order valence-electron chi connectivity index (χ3n) is 5.61. The van der Waals surface area contributed by atoms with E-state index in [2.05, 4.69) is 10.3 Å². The van der Waals surface area contributed by atoms with E-state index in [-0.39, 0.29) is 45.0 Å². The van der Waals surface area contributed by atoms with Crippen molar-refractivity contribution in [1.82, 2.24) is 10.2 Å². The summed E-state index contributed by atoms with van der Waals surface area (Å²) < 4.78 is 39.5. The zero-order valence-corrected chi connectivity index (χ0v) is 19.5. The highest BCUT2D eigenvalue weighted by Crippen LogP contribution is 2.37. The van der Waals surface area contributed by atoms with Gasteiger partial charge in [-0.25, -0.2) is 0 Å². The fourth-order valence-corrected chi connectivity index (χ4v) is 4.62. The van der Waals surface area contributed by atoms with Crippen LogP contribution in [0.15, 0.2) is 81.1 Å². The van der Waals surface area contributed by atoms with Gasteiger partial charge in [-0.15, -0.1) is 11.6 Å². The maximum Gasteiger partial charge on any atom is 0.416 e. The van der Waals surface area contributed by atoms with E-state index in [1.54, 1.807) is 31.6 Å². The Kier molecular flexibility index (Phi) is 6.31. The van der Waals surface area contributed by atoms with Crippen LogP contribution in [0.4, 0.5) is 13.2 Å². The highest BCUT2D eigenvalue weighted by atomic mass is 35.5. The van der Waals surface area contributed by atoms with Gasteiger partial charge in [-0.2, -0.15) is 13.2 Å². The van der Waals surface area contributed by atoms with Gasteiger partial charge in [0.05, 0.1) is 11.6 Å². The fraction of sp³-hybridized carbons (Fsp3) is 0.208. The van der Waals surface area contributed by atoms with E-state index in [1.165, 1.54) is 30.0 Å². The molecule has 3 aliphatic rings. The number of halogens is 5. The second-order valence-electron chi connectivity index (χ2n) is 7.99. The number of allylic oxidation sites excluding steroid dienone is 4. The molecule has 0 bridgehead atoms. The second kappa shape index (κ2) is 8.92. The molecule has 1 aromatic rings. The number of hydrogen-bond donors (Lipinski definition) is 1. The third kappa shape index (κ3) is 4.48. The molecule has 2 aliphatic heterocycles. The van der Waals surface area contributed by atoms with Gasteiger partial charge in [-0.1, -0.05) is 11.6 Å². The molecule has 2 unspecified atom stereocenters. The molecule has 1 aliphatic carbocycles. The van der Waals surface area contributed by atoms with Crippen molar-refractivity contribution >= 4 is 41.2 Å². The van der Waals surface area contributed by atoms with Gasteiger partial charge in [0.1, 0.15) is 5.38 Å². The average molecular weight is 508 g/mol. The van der Waals surface area contributed by atoms with Crippen LogP contribution in [0.25, 0.3) is 0 Å². The number of carbonyl (C=O) groups excluding carboxylic acids is 2. The van der Waals surface area contributed by atoms with Crippen LogP contribution in [-0.4, -0.2) is 41.4 Å². The quantitative estimate of drug-likeness (QED) is 0.450. The molecule has 0 fully saturated rings. The van der Waals surface area contributed by atoms with Crippen LogP contribution in [0.2, 0.25) is 0 Å². The van der Waals surface area contributed by atoms with Crippen molar-refractivity contribution in [3.63, 3.8) is 0 Å². The number of aryl methyl sites for hydroxylation is 1. The maximum atomic E-state index is 13.2. The lowest BCUT2D eigenvalue weighted by Crippen LogP contribution is -2.43. The Bertz CT molecular complexity index is 1270. The molecule has 0 spiro atoms. The SMILES string of the molecule is Cc1cc(C(=O)NC2=CC=C(Cl)C(=C3C=C4C=NC=CC4N(C)C3=O)C2Cl)cc(C(F)(F)F)c1. The second-order valence-corrected chi connectivity index (χ2v) is 8.83. The first kappa shape index (κ1) is 24.0. The summed E-state index contributed by atoms with van der Waals surface area (Å²) in [6.07, 6.45) is 5.01. The van der Waals surface area contributed by atoms with E-state index in [0.717, 1.165) is 17.7 Å². The van der Waals surface area contributed by atoms with Gasteiger partial charge in [0.2, 0.25) is 0 Å². The molecule has 0 aromatic heterocycles. The van der Waals surface area contributed by atoms with Crippen molar-refractivity contribution < 1.29 is 22.8 Å². The summed E-state index contributed by atoms with van der Waals surface area (Å²) in [4.78, 5) is 31.5. The van der Waals surface area contributed by atoms with Crippen LogP contribution in [0.3, 0.4) is 0 Å². The monoisotopic (exact) mass is 507 g/mol. The van der Waals surface area contributed by atoms with E-state index in [4.69, 9.17) is 23.2 Å². The van der Waals surface area contributed by atoms with E-state index in [0.29, 0.717) is 0 Å². The highest BCUT2D eigenvalue weighted by molar-refractivity contribution is 6.36. The van der Waals surface area contributed by atoms with Gasteiger partial charge in [0.15, 0.2) is 0 Å². The van der Waals surface area contributed by atoms with Crippen molar-refractivity contribution in [3.8, 4) is 0 Å². The molecule has 2 amide bonds. The average Bonchev–Trinajstić information content (AvgIpc) is 2.78. The number of carbonyl (C=O) groups is 2. The predicted molar refractivity (Wildman–Crippen MR) is 125 cm³/mol. The van der Waals surface area contributed by atoms with Crippen LogP contribution in [0.1, 0.15) is 21.5 Å². The molecule has 176 valence electrons. The van der Waals surface area contributed by atoms with Crippen LogP contribution in [0.5, 0.6) is 0 Å². The summed E-state index contributed by atoms with van der Waals surface area (Å²) in [5, 5.41) is 1.75. The zero-order chi connectivity index (χ0) is 24.8. The third-order valence-corrected chi connectivity index (χ3v) is 6.39. The topological polar surface area (TPSA) is 61.8 Å². The minimum atomic E-state index is -4.59. The number of likely N-dealkylation sites (N-methyl/N-ethyl adjacent to an activating group) is 1. The number of alkyl halides is 4. The predicted octanol–water partition coefficient (Wildman–Crippen LogP) is 5.03. The lowest BCUT2D eigenvalue weighted by atomic mass is 9.90. The van der Waals surface area contributed by atoms with Gasteiger partial charge in [0.25, 0.3) is 11.8 Å². The normalized spacial score (nSPS) is 24.4. The number of nitrogens with zero attached hydrogens (tertiary/aromatic N) is 2. The number of amides is 2. The number of hydrogen-bond acceptors (Lipinski definition) is 3. The Morgan fingerprint density at radius 2 is 1.94 bits per heavy atom. The molecular formula is C24H18Cl2F3N3O2. The molecule has 1 aromatic carbocycles. The number of benzene rings is 1. The molecule has 10 heteroatoms. The van der Waals surface area contributed by atoms with E-state index >= 15 is 0 Å². The molecular weight excluding hydrogens is 490 g/mol. The number of aliphatic imine (C=N–C) groups is 1. The van der Waals surface area contributed by atoms with Gasteiger partial charge in [0, 0.05) is 46.9 Å². The van der Waals surface area contributed by atoms with Gasteiger partial charge >= 0.3 is 6.18 Å². The molecule has 34 heavy (non-hydrogen) atoms. The highest BCUT2D eigenvalue weighted by Gasteiger charge is 2.36. The maximum absolute atomic E-state index is 13.2. The summed E-state index contributed by atoms with van der Waals surface area (Å²) >= 11 is 13.0. The Hall–Kier alpha value is -3.10. The minimum absolute atomic E-state index is 0.171. The van der Waals surface area contributed by atoms with Crippen molar-refractivity contribution in [2.24, 2.45) is 4.99 Å². The minimum Gasteiger partial charge on any atom is -0.331 e. The number of fused-ring (bicyclic) bond motifs is 1. The first-order valence-electron chi connectivity index (χ1n) is 10.1. The standard InChI is InChI=1S/C24H18Cl2F3N3O2/c1-12-7-13(9-15(8-12)24(27,28)29)22(33)31-18-4-3-17(25)20(21(18)26)16-10-14-11-30-6-5-19(14)32(2)23(16)34/h3-11,19,21H,1-2H3,(H,31,33). The van der Waals surface area contributed by atoms with Crippen molar-refractivity contribution in [1.29, 1.82) is 0 Å². The first-order valence-corrected chi connectivity index (χ1v) is 10.9. The van der Waals surface area contributed by atoms with Crippen molar-refractivity contribution in [3.05, 3.63) is 92.8 Å². The molecule has 0 radical (unpaired) electrons. The van der Waals surface area contributed by atoms with E-state index in [1.807, 2.05) is 0 Å². The summed E-state index contributed by atoms with van der Waals surface area (Å²) in [5.74, 6) is -1.08. The summed E-state index contributed by atoms with van der Waals surface area (Å²) in [6.45, 7) is 1.47. The largest absolute Gasteiger partial charge is 0.416 e. The first-order chi connectivity index (χ1) is 16.0. The Morgan fingerprint density at radius 1 is 1.21 bits per heavy atom. The molecule has 0 saturated heterocycles. The summed E-state index contributed by atoms with van der Waals surface area (Å²) in [5.41, 5.74) is 0.658. The van der Waals surface area contributed by atoms with Crippen LogP contribution >= 0.6 is 23.2 Å². The van der Waals surface area contributed by atoms with E-state index in [9.17, 15) is 22.8 Å². The molecule has 0 saturated carbocycles. The molecule has 2 atom stereocenters. The van der Waals surface area contributed by atoms with Gasteiger partial charge in [-0.05, 0) is 60.6 Å². The Labute approximate surface area is 203 Å². The fourth-order valence-electron chi connectivity index (χ4n) is 3.93. The van der Waals surface area contributed by atoms with Gasteiger partial charge in [-0.3, -0.25) is 14.6 Å². The molecule has 1 N–H and O–H groups in total. The van der Waals surface area contributed by atoms with Crippen LogP contribution in [-0.2, 0) is 11.0 Å². The smallest absolute Gasteiger partial charge is 0.331 e. The van der Waals surface area contributed by atoms with Crippen molar-refractivity contribution in [2.45, 2.75) is 24.5 Å². The lowest BCUT2D eigenvalue weighted by Gasteiger charge is -2.34. The Morgan fingerprint density at radius 3 is 2.65 bits per heavy atom. The number of rotatable bonds is 2. The molecule has 4 rings (SSSR count). The van der Waals surface area contributed by atoms with E-state index < -0.39 is 23.0 Å². The van der Waals surface area contributed by atoms with Crippen LogP contribution in [0, 0.1) is 6.92 Å². The number of nitrogens with one attached hydrogen (secondary N) is 1. The van der Waals surface area contributed by atoms with Gasteiger partial charge < -0.3 is 10.2 Å². The summed E-state index contributed by atoms with van der Waals surface area (Å²) in [6, 6.07) is 2.81.